The van der Waals surface area contributed by atoms with Gasteiger partial charge in [-0.3, -0.25) is 4.98 Å². The lowest BCUT2D eigenvalue weighted by Gasteiger charge is -2.30. The van der Waals surface area contributed by atoms with Gasteiger partial charge < -0.3 is 10.1 Å². The third-order valence-electron chi connectivity index (χ3n) is 3.57. The number of aryl methyl sites for hydroxylation is 1. The van der Waals surface area contributed by atoms with Gasteiger partial charge in [0.15, 0.2) is 0 Å². The molecule has 1 aromatic rings. The maximum atomic E-state index is 6.02. The first-order chi connectivity index (χ1) is 9.03. The van der Waals surface area contributed by atoms with Crippen molar-refractivity contribution >= 4 is 23.2 Å². The van der Waals surface area contributed by atoms with Gasteiger partial charge in [-0.25, -0.2) is 0 Å². The van der Waals surface area contributed by atoms with Crippen LogP contribution in [0.3, 0.4) is 0 Å². The van der Waals surface area contributed by atoms with Crippen LogP contribution in [0.1, 0.15) is 30.2 Å². The van der Waals surface area contributed by atoms with E-state index in [1.54, 1.807) is 7.11 Å². The molecule has 108 valence electrons. The van der Waals surface area contributed by atoms with Gasteiger partial charge in [0.25, 0.3) is 0 Å². The van der Waals surface area contributed by atoms with Gasteiger partial charge in [0.1, 0.15) is 5.75 Å². The monoisotopic (exact) mass is 304 g/mol. The van der Waals surface area contributed by atoms with Gasteiger partial charge in [0.05, 0.1) is 12.8 Å². The highest BCUT2D eigenvalue weighted by Crippen LogP contribution is 2.24. The second kappa shape index (κ2) is 7.32. The maximum Gasteiger partial charge on any atom is 0.128 e. The SMILES string of the molecule is CCC(CCl)(CCl)NCc1ncc(C)c(OC)c1C. The second-order valence-electron chi connectivity index (χ2n) is 4.80. The molecular weight excluding hydrogens is 283 g/mol. The fraction of sp³-hybridized carbons (Fsp3) is 0.643. The fourth-order valence-corrected chi connectivity index (χ4v) is 2.82. The summed E-state index contributed by atoms with van der Waals surface area (Å²) in [6.07, 6.45) is 2.71. The van der Waals surface area contributed by atoms with E-state index in [2.05, 4.69) is 17.2 Å². The Balaban J connectivity index is 2.89. The molecule has 0 fully saturated rings. The molecule has 3 nitrogen and oxygen atoms in total. The number of aromatic nitrogens is 1. The number of rotatable bonds is 7. The van der Waals surface area contributed by atoms with Crippen molar-refractivity contribution in [1.82, 2.24) is 10.3 Å². The van der Waals surface area contributed by atoms with Gasteiger partial charge in [-0.2, -0.15) is 0 Å². The standard InChI is InChI=1S/C14H22Cl2N2O/c1-5-14(8-15,9-16)18-7-12-11(3)13(19-4)10(2)6-17-12/h6,18H,5,7-9H2,1-4H3. The number of pyridine rings is 1. The summed E-state index contributed by atoms with van der Waals surface area (Å²) in [7, 11) is 1.68. The van der Waals surface area contributed by atoms with Crippen LogP contribution in [0.15, 0.2) is 6.20 Å². The summed E-state index contributed by atoms with van der Waals surface area (Å²) < 4.78 is 5.41. The molecule has 0 radical (unpaired) electrons. The number of hydrogen-bond donors (Lipinski definition) is 1. The average molecular weight is 305 g/mol. The molecule has 0 aliphatic rings. The summed E-state index contributed by atoms with van der Waals surface area (Å²) in [5, 5.41) is 3.43. The molecule has 0 unspecified atom stereocenters. The number of halogens is 2. The predicted octanol–water partition coefficient (Wildman–Crippen LogP) is 3.42. The highest BCUT2D eigenvalue weighted by molar-refractivity contribution is 6.22. The van der Waals surface area contributed by atoms with Crippen molar-refractivity contribution in [3.63, 3.8) is 0 Å². The van der Waals surface area contributed by atoms with Crippen LogP contribution in [-0.2, 0) is 6.54 Å². The third-order valence-corrected chi connectivity index (χ3v) is 4.59. The van der Waals surface area contributed by atoms with E-state index in [1.165, 1.54) is 0 Å². The number of nitrogens with zero attached hydrogens (tertiary/aromatic N) is 1. The first kappa shape index (κ1) is 16.5. The summed E-state index contributed by atoms with van der Waals surface area (Å²) in [4.78, 5) is 4.46. The lowest BCUT2D eigenvalue weighted by Crippen LogP contribution is -2.48. The molecule has 1 rings (SSSR count). The number of ether oxygens (including phenoxy) is 1. The summed E-state index contributed by atoms with van der Waals surface area (Å²) in [5.41, 5.74) is 2.83. The van der Waals surface area contributed by atoms with E-state index < -0.39 is 0 Å². The van der Waals surface area contributed by atoms with Crippen molar-refractivity contribution < 1.29 is 4.74 Å². The molecule has 0 aliphatic carbocycles. The second-order valence-corrected chi connectivity index (χ2v) is 5.34. The normalized spacial score (nSPS) is 11.7. The van der Waals surface area contributed by atoms with E-state index in [1.807, 2.05) is 20.0 Å². The van der Waals surface area contributed by atoms with Crippen LogP contribution in [0.2, 0.25) is 0 Å². The van der Waals surface area contributed by atoms with Crippen LogP contribution < -0.4 is 10.1 Å². The topological polar surface area (TPSA) is 34.2 Å². The molecule has 1 heterocycles. The van der Waals surface area contributed by atoms with Crippen molar-refractivity contribution in [2.75, 3.05) is 18.9 Å². The summed E-state index contributed by atoms with van der Waals surface area (Å²) in [6.45, 7) is 6.72. The Morgan fingerprint density at radius 2 is 1.95 bits per heavy atom. The van der Waals surface area contributed by atoms with Crippen LogP contribution in [-0.4, -0.2) is 29.4 Å². The predicted molar refractivity (Wildman–Crippen MR) is 81.6 cm³/mol. The molecule has 0 spiro atoms. The van der Waals surface area contributed by atoms with E-state index in [4.69, 9.17) is 27.9 Å². The smallest absolute Gasteiger partial charge is 0.128 e. The molecule has 0 aliphatic heterocycles. The maximum absolute atomic E-state index is 6.02. The van der Waals surface area contributed by atoms with E-state index in [-0.39, 0.29) is 5.54 Å². The minimum Gasteiger partial charge on any atom is -0.496 e. The molecule has 0 atom stereocenters. The molecule has 19 heavy (non-hydrogen) atoms. The van der Waals surface area contributed by atoms with Gasteiger partial charge in [-0.1, -0.05) is 6.92 Å². The Labute approximate surface area is 125 Å². The molecule has 1 N–H and O–H groups in total. The van der Waals surface area contributed by atoms with E-state index in [0.29, 0.717) is 18.3 Å². The zero-order valence-corrected chi connectivity index (χ0v) is 13.5. The lowest BCUT2D eigenvalue weighted by atomic mass is 10.0. The lowest BCUT2D eigenvalue weighted by molar-refractivity contribution is 0.378. The Bertz CT molecular complexity index is 412. The zero-order chi connectivity index (χ0) is 14.5. The van der Waals surface area contributed by atoms with Crippen LogP contribution in [0.5, 0.6) is 5.75 Å². The number of nitrogens with one attached hydrogen (secondary N) is 1. The van der Waals surface area contributed by atoms with Crippen LogP contribution in [0.25, 0.3) is 0 Å². The molecule has 0 aromatic carbocycles. The number of alkyl halides is 2. The van der Waals surface area contributed by atoms with E-state index in [0.717, 1.165) is 29.0 Å². The first-order valence-electron chi connectivity index (χ1n) is 6.39. The highest BCUT2D eigenvalue weighted by Gasteiger charge is 2.26. The molecular formula is C14H22Cl2N2O. The van der Waals surface area contributed by atoms with Crippen LogP contribution >= 0.6 is 23.2 Å². The minimum atomic E-state index is -0.241. The van der Waals surface area contributed by atoms with Crippen molar-refractivity contribution in [3.05, 3.63) is 23.0 Å². The van der Waals surface area contributed by atoms with Crippen molar-refractivity contribution in [1.29, 1.82) is 0 Å². The fourth-order valence-electron chi connectivity index (χ4n) is 1.96. The van der Waals surface area contributed by atoms with Crippen molar-refractivity contribution in [3.8, 4) is 5.75 Å². The van der Waals surface area contributed by atoms with Gasteiger partial charge in [0, 0.05) is 41.2 Å². The molecule has 5 heteroatoms. The summed E-state index contributed by atoms with van der Waals surface area (Å²) in [6, 6.07) is 0. The quantitative estimate of drug-likeness (QED) is 0.784. The molecule has 0 amide bonds. The molecule has 1 aromatic heterocycles. The number of methoxy groups -OCH3 is 1. The van der Waals surface area contributed by atoms with Crippen LogP contribution in [0, 0.1) is 13.8 Å². The minimum absolute atomic E-state index is 0.241. The molecule has 0 bridgehead atoms. The zero-order valence-electron chi connectivity index (χ0n) is 12.0. The van der Waals surface area contributed by atoms with Gasteiger partial charge in [0.2, 0.25) is 0 Å². The van der Waals surface area contributed by atoms with Crippen LogP contribution in [0.4, 0.5) is 0 Å². The van der Waals surface area contributed by atoms with Crippen molar-refractivity contribution in [2.24, 2.45) is 0 Å². The van der Waals surface area contributed by atoms with E-state index >= 15 is 0 Å². The van der Waals surface area contributed by atoms with E-state index in [9.17, 15) is 0 Å². The van der Waals surface area contributed by atoms with Gasteiger partial charge in [-0.05, 0) is 20.3 Å². The average Bonchev–Trinajstić information content (AvgIpc) is 2.43. The first-order valence-corrected chi connectivity index (χ1v) is 7.46. The molecule has 0 saturated heterocycles. The van der Waals surface area contributed by atoms with Gasteiger partial charge >= 0.3 is 0 Å². The van der Waals surface area contributed by atoms with Crippen molar-refractivity contribution in [2.45, 2.75) is 39.3 Å². The highest BCUT2D eigenvalue weighted by atomic mass is 35.5. The Morgan fingerprint density at radius 3 is 2.42 bits per heavy atom. The van der Waals surface area contributed by atoms with Gasteiger partial charge in [-0.15, -0.1) is 23.2 Å². The summed E-state index contributed by atoms with van der Waals surface area (Å²) in [5.74, 6) is 1.86. The Kier molecular flexibility index (Phi) is 6.37. The molecule has 0 saturated carbocycles. The Hall–Kier alpha value is -0.510. The Morgan fingerprint density at radius 1 is 1.32 bits per heavy atom. The summed E-state index contributed by atoms with van der Waals surface area (Å²) >= 11 is 12.0. The largest absolute Gasteiger partial charge is 0.496 e. The number of hydrogen-bond acceptors (Lipinski definition) is 3. The third kappa shape index (κ3) is 3.74.